The fourth-order valence-electron chi connectivity index (χ4n) is 3.14. The van der Waals surface area contributed by atoms with Crippen LogP contribution in [0.25, 0.3) is 11.1 Å². The Hall–Kier alpha value is -2.70. The van der Waals surface area contributed by atoms with Gasteiger partial charge >= 0.3 is 0 Å². The summed E-state index contributed by atoms with van der Waals surface area (Å²) in [6.07, 6.45) is 0.480. The van der Waals surface area contributed by atoms with Crippen molar-refractivity contribution in [2.75, 3.05) is 18.5 Å². The first-order valence-electron chi connectivity index (χ1n) is 8.78. The second-order valence-corrected chi connectivity index (χ2v) is 6.45. The molecule has 0 spiro atoms. The summed E-state index contributed by atoms with van der Waals surface area (Å²) in [4.78, 5) is 17.0. The molecule has 0 aliphatic carbocycles. The smallest absolute Gasteiger partial charge is 0.244 e. The van der Waals surface area contributed by atoms with E-state index in [0.717, 1.165) is 11.1 Å². The Bertz CT molecular complexity index is 907. The quantitative estimate of drug-likeness (QED) is 0.756. The Morgan fingerprint density at radius 2 is 2.12 bits per heavy atom. The van der Waals surface area contributed by atoms with Crippen molar-refractivity contribution in [3.8, 4) is 0 Å². The number of carbonyl (C=O) groups excluding carboxylic acids is 1. The Labute approximate surface area is 151 Å². The van der Waals surface area contributed by atoms with Crippen molar-refractivity contribution in [1.29, 1.82) is 0 Å². The molecule has 0 unspecified atom stereocenters. The van der Waals surface area contributed by atoms with Crippen LogP contribution in [0.4, 0.5) is 5.69 Å². The molecule has 6 heteroatoms. The predicted molar refractivity (Wildman–Crippen MR) is 99.1 cm³/mol. The Morgan fingerprint density at radius 1 is 1.27 bits per heavy atom. The summed E-state index contributed by atoms with van der Waals surface area (Å²) in [6.45, 7) is 3.19. The van der Waals surface area contributed by atoms with Gasteiger partial charge in [0.05, 0.1) is 12.7 Å². The van der Waals surface area contributed by atoms with Crippen LogP contribution in [-0.2, 0) is 16.0 Å². The summed E-state index contributed by atoms with van der Waals surface area (Å²) in [5, 5.41) is 6.11. The first-order chi connectivity index (χ1) is 12.7. The van der Waals surface area contributed by atoms with Crippen LogP contribution in [0.5, 0.6) is 0 Å². The number of nitrogens with one attached hydrogen (secondary N) is 2. The number of hydrogen-bond donors (Lipinski definition) is 2. The molecule has 1 aliphatic heterocycles. The molecule has 1 fully saturated rings. The lowest BCUT2D eigenvalue weighted by Crippen LogP contribution is -2.53. The van der Waals surface area contributed by atoms with Crippen molar-refractivity contribution in [2.45, 2.75) is 25.5 Å². The number of ether oxygens (including phenoxy) is 1. The highest BCUT2D eigenvalue weighted by Crippen LogP contribution is 2.22. The zero-order valence-corrected chi connectivity index (χ0v) is 14.6. The van der Waals surface area contributed by atoms with Gasteiger partial charge in [-0.1, -0.05) is 30.3 Å². The van der Waals surface area contributed by atoms with Crippen molar-refractivity contribution < 1.29 is 13.9 Å². The number of fused-ring (bicyclic) bond motifs is 1. The minimum absolute atomic E-state index is 0.111. The molecule has 6 nitrogen and oxygen atoms in total. The average Bonchev–Trinajstić information content (AvgIpc) is 3.04. The number of anilines is 1. The van der Waals surface area contributed by atoms with Gasteiger partial charge in [0, 0.05) is 24.7 Å². The third kappa shape index (κ3) is 3.61. The molecular formula is C20H21N3O3. The summed E-state index contributed by atoms with van der Waals surface area (Å²) in [6, 6.07) is 15.2. The Balaban J connectivity index is 1.49. The fraction of sp³-hybridized carbons (Fsp3) is 0.300. The predicted octanol–water partition coefficient (Wildman–Crippen LogP) is 2.73. The van der Waals surface area contributed by atoms with Crippen molar-refractivity contribution in [1.82, 2.24) is 10.3 Å². The van der Waals surface area contributed by atoms with E-state index in [1.807, 2.05) is 55.5 Å². The fourth-order valence-corrected chi connectivity index (χ4v) is 3.14. The average molecular weight is 351 g/mol. The summed E-state index contributed by atoms with van der Waals surface area (Å²) < 4.78 is 11.4. The van der Waals surface area contributed by atoms with Gasteiger partial charge in [0.25, 0.3) is 0 Å². The third-order valence-corrected chi connectivity index (χ3v) is 4.50. The molecule has 26 heavy (non-hydrogen) atoms. The first-order valence-corrected chi connectivity index (χ1v) is 8.78. The topological polar surface area (TPSA) is 76.4 Å². The molecule has 1 aliphatic rings. The highest BCUT2D eigenvalue weighted by molar-refractivity contribution is 5.96. The van der Waals surface area contributed by atoms with Crippen LogP contribution in [0.15, 0.2) is 52.9 Å². The van der Waals surface area contributed by atoms with Crippen molar-refractivity contribution in [2.24, 2.45) is 0 Å². The van der Waals surface area contributed by atoms with Gasteiger partial charge < -0.3 is 19.8 Å². The van der Waals surface area contributed by atoms with E-state index in [1.54, 1.807) is 0 Å². The summed E-state index contributed by atoms with van der Waals surface area (Å²) in [5.41, 5.74) is 3.27. The van der Waals surface area contributed by atoms with Crippen LogP contribution in [0.1, 0.15) is 18.4 Å². The molecule has 134 valence electrons. The molecule has 0 saturated carbocycles. The highest BCUT2D eigenvalue weighted by Gasteiger charge is 2.28. The second kappa shape index (κ2) is 7.27. The zero-order valence-electron chi connectivity index (χ0n) is 14.6. The maximum Gasteiger partial charge on any atom is 0.244 e. The van der Waals surface area contributed by atoms with E-state index < -0.39 is 0 Å². The van der Waals surface area contributed by atoms with Crippen LogP contribution in [-0.4, -0.2) is 36.2 Å². The highest BCUT2D eigenvalue weighted by atomic mass is 16.5. The number of benzene rings is 2. The van der Waals surface area contributed by atoms with E-state index in [0.29, 0.717) is 36.7 Å². The van der Waals surface area contributed by atoms with Crippen molar-refractivity contribution in [3.63, 3.8) is 0 Å². The number of hydrogen-bond acceptors (Lipinski definition) is 5. The summed E-state index contributed by atoms with van der Waals surface area (Å²) in [5.74, 6) is 0.547. The zero-order chi connectivity index (χ0) is 17.9. The lowest BCUT2D eigenvalue weighted by atomic mass is 10.1. The van der Waals surface area contributed by atoms with Gasteiger partial charge in [-0.25, -0.2) is 4.98 Å². The maximum atomic E-state index is 12.5. The van der Waals surface area contributed by atoms with Crippen molar-refractivity contribution >= 4 is 22.7 Å². The van der Waals surface area contributed by atoms with Gasteiger partial charge in [-0.15, -0.1) is 0 Å². The van der Waals surface area contributed by atoms with E-state index in [4.69, 9.17) is 9.15 Å². The largest absolute Gasteiger partial charge is 0.440 e. The van der Waals surface area contributed by atoms with Gasteiger partial charge in [-0.3, -0.25) is 4.79 Å². The number of rotatable bonds is 4. The standard InChI is InChI=1S/C20H21N3O3/c1-13-19(21-9-10-25-13)20(24)22-15-7-8-16-17(12-15)26-18(23-16)11-14-5-3-2-4-6-14/h2-8,12-13,19,21H,9-11H2,1H3,(H,22,24)/t13-,19+/m1/s1. The molecule has 1 amide bonds. The van der Waals surface area contributed by atoms with Gasteiger partial charge in [-0.05, 0) is 24.6 Å². The molecule has 0 radical (unpaired) electrons. The van der Waals surface area contributed by atoms with E-state index in [1.165, 1.54) is 0 Å². The molecule has 2 atom stereocenters. The minimum Gasteiger partial charge on any atom is -0.440 e. The molecule has 4 rings (SSSR count). The molecule has 1 aromatic heterocycles. The van der Waals surface area contributed by atoms with Crippen LogP contribution < -0.4 is 10.6 Å². The van der Waals surface area contributed by atoms with Crippen LogP contribution in [0.3, 0.4) is 0 Å². The van der Waals surface area contributed by atoms with Crippen LogP contribution >= 0.6 is 0 Å². The van der Waals surface area contributed by atoms with Gasteiger partial charge in [0.1, 0.15) is 11.6 Å². The van der Waals surface area contributed by atoms with E-state index in [-0.39, 0.29) is 18.1 Å². The molecule has 2 aromatic carbocycles. The number of nitrogens with zero attached hydrogens (tertiary/aromatic N) is 1. The normalized spacial score (nSPS) is 20.2. The summed E-state index contributed by atoms with van der Waals surface area (Å²) in [7, 11) is 0. The molecule has 2 heterocycles. The van der Waals surface area contributed by atoms with Crippen LogP contribution in [0, 0.1) is 0 Å². The van der Waals surface area contributed by atoms with Gasteiger partial charge in [-0.2, -0.15) is 0 Å². The number of aromatic nitrogens is 1. The maximum absolute atomic E-state index is 12.5. The SMILES string of the molecule is C[C@H]1OCCN[C@@H]1C(=O)Nc1ccc2nc(Cc3ccccc3)oc2c1. The molecule has 3 aromatic rings. The van der Waals surface area contributed by atoms with Crippen molar-refractivity contribution in [3.05, 3.63) is 60.0 Å². The monoisotopic (exact) mass is 351 g/mol. The molecular weight excluding hydrogens is 330 g/mol. The Kier molecular flexibility index (Phi) is 4.69. The molecule has 2 N–H and O–H groups in total. The lowest BCUT2D eigenvalue weighted by Gasteiger charge is -2.29. The number of morpholine rings is 1. The van der Waals surface area contributed by atoms with Gasteiger partial charge in [0.15, 0.2) is 11.5 Å². The molecule has 0 bridgehead atoms. The van der Waals surface area contributed by atoms with E-state index in [9.17, 15) is 4.79 Å². The minimum atomic E-state index is -0.359. The van der Waals surface area contributed by atoms with E-state index in [2.05, 4.69) is 15.6 Å². The Morgan fingerprint density at radius 3 is 2.92 bits per heavy atom. The second-order valence-electron chi connectivity index (χ2n) is 6.45. The number of carbonyl (C=O) groups is 1. The summed E-state index contributed by atoms with van der Waals surface area (Å²) >= 11 is 0. The van der Waals surface area contributed by atoms with E-state index >= 15 is 0 Å². The van der Waals surface area contributed by atoms with Gasteiger partial charge in [0.2, 0.25) is 5.91 Å². The first kappa shape index (κ1) is 16.8. The molecule has 1 saturated heterocycles. The lowest BCUT2D eigenvalue weighted by molar-refractivity contribution is -0.123. The third-order valence-electron chi connectivity index (χ3n) is 4.50. The number of oxazole rings is 1. The van der Waals surface area contributed by atoms with Crippen LogP contribution in [0.2, 0.25) is 0 Å². The number of amides is 1.